The lowest BCUT2D eigenvalue weighted by atomic mass is 10.3. The van der Waals surface area contributed by atoms with Crippen molar-refractivity contribution in [2.24, 2.45) is 0 Å². The lowest BCUT2D eigenvalue weighted by Crippen LogP contribution is -2.38. The van der Waals surface area contributed by atoms with Crippen molar-refractivity contribution in [3.05, 3.63) is 24.0 Å². The van der Waals surface area contributed by atoms with E-state index in [1.807, 2.05) is 6.26 Å². The van der Waals surface area contributed by atoms with Crippen LogP contribution in [0.4, 0.5) is 28.0 Å². The molecule has 0 aromatic heterocycles. The van der Waals surface area contributed by atoms with Crippen LogP contribution in [0.15, 0.2) is 23.1 Å². The van der Waals surface area contributed by atoms with Crippen LogP contribution in [0.5, 0.6) is 0 Å². The number of nitrogens with one attached hydrogen (secondary N) is 1. The highest BCUT2D eigenvalue weighted by Gasteiger charge is 2.29. The molecule has 1 aromatic carbocycles. The number of thioether (sulfide) groups is 2. The molecule has 3 nitrogen and oxygen atoms in total. The number of alkyl halides is 3. The van der Waals surface area contributed by atoms with E-state index in [1.165, 1.54) is 7.05 Å². The molecule has 0 spiro atoms. The molecule has 1 aromatic rings. The minimum Gasteiger partial charge on any atom is -0.338 e. The van der Waals surface area contributed by atoms with E-state index in [-0.39, 0.29) is 10.6 Å². The molecule has 9 heteroatoms. The molecule has 0 aliphatic heterocycles. The minimum atomic E-state index is -4.48. The monoisotopic (exact) mass is 356 g/mol. The molecule has 0 radical (unpaired) electrons. The predicted octanol–water partition coefficient (Wildman–Crippen LogP) is 4.34. The summed E-state index contributed by atoms with van der Waals surface area (Å²) >= 11 is 1.25. The molecule has 0 atom stereocenters. The number of hydrogen-bond acceptors (Lipinski definition) is 3. The summed E-state index contributed by atoms with van der Waals surface area (Å²) < 4.78 is 50.6. The third kappa shape index (κ3) is 6.35. The summed E-state index contributed by atoms with van der Waals surface area (Å²) in [5.74, 6) is 0.0119. The van der Waals surface area contributed by atoms with Gasteiger partial charge in [0.25, 0.3) is 0 Å². The fourth-order valence-corrected chi connectivity index (χ4v) is 2.60. The van der Waals surface area contributed by atoms with Crippen molar-refractivity contribution >= 4 is 35.2 Å². The molecule has 0 bridgehead atoms. The van der Waals surface area contributed by atoms with E-state index >= 15 is 0 Å². The number of anilines is 1. The third-order valence-electron chi connectivity index (χ3n) is 2.62. The number of amides is 2. The molecular weight excluding hydrogens is 340 g/mol. The lowest BCUT2D eigenvalue weighted by Gasteiger charge is -2.19. The summed E-state index contributed by atoms with van der Waals surface area (Å²) in [6.07, 6.45) is 2.73. The number of benzene rings is 1. The lowest BCUT2D eigenvalue weighted by molar-refractivity contribution is -0.0328. The van der Waals surface area contributed by atoms with Crippen LogP contribution in [0.25, 0.3) is 0 Å². The van der Waals surface area contributed by atoms with Gasteiger partial charge in [0.2, 0.25) is 0 Å². The Morgan fingerprint density at radius 3 is 2.59 bits per heavy atom. The standard InChI is InChI=1S/C13H16F4N2OS2/c1-19(12(20)18-6-3-7-21-2)11-5-4-9(8-10(11)14)22-13(15,16)17/h4-5,8H,3,6-7H2,1-2H3,(H,18,20). The molecule has 1 N–H and O–H groups in total. The molecule has 0 aliphatic carbocycles. The van der Waals surface area contributed by atoms with Crippen LogP contribution in [0.3, 0.4) is 0 Å². The number of urea groups is 1. The van der Waals surface area contributed by atoms with Gasteiger partial charge in [0, 0.05) is 18.5 Å². The van der Waals surface area contributed by atoms with E-state index in [4.69, 9.17) is 0 Å². The first-order valence-corrected chi connectivity index (χ1v) is 8.51. The second-order valence-corrected chi connectivity index (χ2v) is 6.42. The van der Waals surface area contributed by atoms with E-state index in [2.05, 4.69) is 5.32 Å². The van der Waals surface area contributed by atoms with Gasteiger partial charge in [-0.05, 0) is 48.4 Å². The van der Waals surface area contributed by atoms with E-state index in [0.717, 1.165) is 35.3 Å². The Labute approximate surface area is 134 Å². The van der Waals surface area contributed by atoms with E-state index in [1.54, 1.807) is 11.8 Å². The number of nitrogens with zero attached hydrogens (tertiary/aromatic N) is 1. The van der Waals surface area contributed by atoms with Gasteiger partial charge in [-0.2, -0.15) is 24.9 Å². The number of hydrogen-bond donors (Lipinski definition) is 1. The van der Waals surface area contributed by atoms with Crippen LogP contribution in [0, 0.1) is 5.82 Å². The summed E-state index contributed by atoms with van der Waals surface area (Å²) in [4.78, 5) is 12.6. The molecule has 0 unspecified atom stereocenters. The molecule has 0 heterocycles. The highest BCUT2D eigenvalue weighted by atomic mass is 32.2. The number of carbonyl (C=O) groups is 1. The summed E-state index contributed by atoms with van der Waals surface area (Å²) in [5, 5.41) is 2.62. The van der Waals surface area contributed by atoms with Crippen molar-refractivity contribution in [3.63, 3.8) is 0 Å². The van der Waals surface area contributed by atoms with Crippen molar-refractivity contribution in [3.8, 4) is 0 Å². The summed E-state index contributed by atoms with van der Waals surface area (Å²) in [7, 11) is 1.36. The molecule has 1 rings (SSSR count). The van der Waals surface area contributed by atoms with Gasteiger partial charge in [0.05, 0.1) is 5.69 Å². The Morgan fingerprint density at radius 2 is 2.05 bits per heavy atom. The number of carbonyl (C=O) groups excluding carboxylic acids is 1. The maximum absolute atomic E-state index is 13.9. The molecule has 0 saturated carbocycles. The van der Waals surface area contributed by atoms with Gasteiger partial charge in [0.1, 0.15) is 5.82 Å². The molecule has 2 amide bonds. The zero-order valence-electron chi connectivity index (χ0n) is 12.0. The van der Waals surface area contributed by atoms with Gasteiger partial charge in [-0.15, -0.1) is 0 Å². The molecule has 124 valence electrons. The van der Waals surface area contributed by atoms with Gasteiger partial charge in [-0.25, -0.2) is 9.18 Å². The van der Waals surface area contributed by atoms with Crippen LogP contribution < -0.4 is 10.2 Å². The highest BCUT2D eigenvalue weighted by molar-refractivity contribution is 8.00. The zero-order valence-corrected chi connectivity index (χ0v) is 13.7. The smallest absolute Gasteiger partial charge is 0.338 e. The molecule has 0 saturated heterocycles. The topological polar surface area (TPSA) is 32.3 Å². The predicted molar refractivity (Wildman–Crippen MR) is 83.1 cm³/mol. The van der Waals surface area contributed by atoms with Crippen LogP contribution in [-0.4, -0.2) is 37.1 Å². The second-order valence-electron chi connectivity index (χ2n) is 4.30. The second kappa shape index (κ2) is 8.52. The van der Waals surface area contributed by atoms with Crippen molar-refractivity contribution in [1.82, 2.24) is 5.32 Å². The maximum atomic E-state index is 13.9. The largest absolute Gasteiger partial charge is 0.446 e. The molecule has 0 fully saturated rings. The van der Waals surface area contributed by atoms with Crippen LogP contribution in [0.1, 0.15) is 6.42 Å². The Morgan fingerprint density at radius 1 is 1.36 bits per heavy atom. The normalized spacial score (nSPS) is 11.4. The SMILES string of the molecule is CSCCCNC(=O)N(C)c1ccc(SC(F)(F)F)cc1F. The van der Waals surface area contributed by atoms with Crippen molar-refractivity contribution in [2.75, 3.05) is 30.5 Å². The maximum Gasteiger partial charge on any atom is 0.446 e. The highest BCUT2D eigenvalue weighted by Crippen LogP contribution is 2.38. The van der Waals surface area contributed by atoms with Crippen molar-refractivity contribution in [1.29, 1.82) is 0 Å². The Hall–Kier alpha value is -1.09. The summed E-state index contributed by atoms with van der Waals surface area (Å²) in [6, 6.07) is 2.56. The van der Waals surface area contributed by atoms with Crippen LogP contribution in [0.2, 0.25) is 0 Å². The Balaban J connectivity index is 2.69. The Kier molecular flexibility index (Phi) is 7.34. The number of halogens is 4. The first kappa shape index (κ1) is 19.0. The average Bonchev–Trinajstić information content (AvgIpc) is 2.41. The van der Waals surface area contributed by atoms with Gasteiger partial charge >= 0.3 is 11.5 Å². The van der Waals surface area contributed by atoms with Gasteiger partial charge in [0.15, 0.2) is 0 Å². The molecular formula is C13H16F4N2OS2. The van der Waals surface area contributed by atoms with Crippen LogP contribution >= 0.6 is 23.5 Å². The van der Waals surface area contributed by atoms with E-state index in [0.29, 0.717) is 6.54 Å². The summed E-state index contributed by atoms with van der Waals surface area (Å²) in [6.45, 7) is 0.452. The number of rotatable bonds is 6. The van der Waals surface area contributed by atoms with Crippen molar-refractivity contribution < 1.29 is 22.4 Å². The fourth-order valence-electron chi connectivity index (χ4n) is 1.60. The quantitative estimate of drug-likeness (QED) is 0.468. The molecule has 0 aliphatic rings. The average molecular weight is 356 g/mol. The first-order valence-electron chi connectivity index (χ1n) is 6.30. The molecule has 22 heavy (non-hydrogen) atoms. The van der Waals surface area contributed by atoms with Gasteiger partial charge in [-0.3, -0.25) is 4.90 Å². The zero-order chi connectivity index (χ0) is 16.8. The van der Waals surface area contributed by atoms with E-state index in [9.17, 15) is 22.4 Å². The fraction of sp³-hybridized carbons (Fsp3) is 0.462. The van der Waals surface area contributed by atoms with Crippen LogP contribution in [-0.2, 0) is 0 Å². The third-order valence-corrected chi connectivity index (χ3v) is 4.04. The summed E-state index contributed by atoms with van der Waals surface area (Å²) in [5.41, 5.74) is -4.55. The Bertz CT molecular complexity index is 511. The van der Waals surface area contributed by atoms with E-state index < -0.39 is 29.1 Å². The van der Waals surface area contributed by atoms with Gasteiger partial charge in [-0.1, -0.05) is 0 Å². The van der Waals surface area contributed by atoms with Crippen molar-refractivity contribution in [2.45, 2.75) is 16.8 Å². The first-order chi connectivity index (χ1) is 10.2. The van der Waals surface area contributed by atoms with Gasteiger partial charge < -0.3 is 5.32 Å². The minimum absolute atomic E-state index is 0.0751.